The zero-order valence-electron chi connectivity index (χ0n) is 11.6. The molecule has 0 saturated heterocycles. The van der Waals surface area contributed by atoms with Gasteiger partial charge in [-0.1, -0.05) is 48.7 Å². The minimum Gasteiger partial charge on any atom is -0.271 e. The molecular weight excluding hydrogens is 333 g/mol. The van der Waals surface area contributed by atoms with Gasteiger partial charge in [0.25, 0.3) is 0 Å². The summed E-state index contributed by atoms with van der Waals surface area (Å²) in [6.07, 6.45) is -1.68. The van der Waals surface area contributed by atoms with Crippen LogP contribution >= 0.6 is 15.9 Å². The Balaban J connectivity index is 3.05. The van der Waals surface area contributed by atoms with Crippen LogP contribution in [0.5, 0.6) is 0 Å². The molecule has 6 heteroatoms. The van der Waals surface area contributed by atoms with Gasteiger partial charge in [0.2, 0.25) is 0 Å². The summed E-state index contributed by atoms with van der Waals surface area (Å²) < 4.78 is 38.8. The molecule has 0 aliphatic rings. The van der Waals surface area contributed by atoms with Gasteiger partial charge in [0.15, 0.2) is 0 Å². The van der Waals surface area contributed by atoms with Crippen LogP contribution in [0.4, 0.5) is 13.2 Å². The first kappa shape index (κ1) is 17.5. The SMILES string of the molecule is CCC(CC)CC(NN)c1ccc(Br)c(C(F)(F)F)c1. The number of hydrazine groups is 1. The summed E-state index contributed by atoms with van der Waals surface area (Å²) in [6, 6.07) is 3.99. The van der Waals surface area contributed by atoms with Crippen LogP contribution in [0.3, 0.4) is 0 Å². The molecule has 0 fully saturated rings. The van der Waals surface area contributed by atoms with Crippen molar-refractivity contribution in [3.63, 3.8) is 0 Å². The van der Waals surface area contributed by atoms with E-state index in [0.717, 1.165) is 25.3 Å². The van der Waals surface area contributed by atoms with Gasteiger partial charge in [-0.3, -0.25) is 11.3 Å². The van der Waals surface area contributed by atoms with Gasteiger partial charge in [-0.05, 0) is 30.0 Å². The molecule has 0 saturated carbocycles. The number of alkyl halides is 3. The number of hydrogen-bond donors (Lipinski definition) is 2. The smallest absolute Gasteiger partial charge is 0.271 e. The van der Waals surface area contributed by atoms with E-state index in [1.54, 1.807) is 6.07 Å². The number of nitrogens with one attached hydrogen (secondary N) is 1. The lowest BCUT2D eigenvalue weighted by Gasteiger charge is -2.22. The zero-order chi connectivity index (χ0) is 15.3. The molecule has 0 radical (unpaired) electrons. The maximum atomic E-state index is 12.9. The standard InChI is InChI=1S/C14H20BrF3N2/c1-3-9(4-2)7-13(20-19)10-5-6-12(15)11(8-10)14(16,17)18/h5-6,8-9,13,20H,3-4,7,19H2,1-2H3. The van der Waals surface area contributed by atoms with Crippen LogP contribution < -0.4 is 11.3 Å². The molecule has 0 bridgehead atoms. The van der Waals surface area contributed by atoms with Crippen molar-refractivity contribution in [1.29, 1.82) is 0 Å². The summed E-state index contributed by atoms with van der Waals surface area (Å²) in [5.41, 5.74) is 2.53. The van der Waals surface area contributed by atoms with Gasteiger partial charge in [-0.25, -0.2) is 0 Å². The molecule has 0 amide bonds. The Morgan fingerprint density at radius 1 is 1.25 bits per heavy atom. The number of halogens is 4. The molecule has 1 aromatic carbocycles. The Bertz CT molecular complexity index is 431. The topological polar surface area (TPSA) is 38.0 Å². The summed E-state index contributed by atoms with van der Waals surface area (Å²) in [4.78, 5) is 0. The first-order valence-electron chi connectivity index (χ1n) is 6.66. The average molecular weight is 353 g/mol. The molecular formula is C14H20BrF3N2. The van der Waals surface area contributed by atoms with Gasteiger partial charge in [0.05, 0.1) is 5.56 Å². The highest BCUT2D eigenvalue weighted by Crippen LogP contribution is 2.37. The quantitative estimate of drug-likeness (QED) is 0.570. The molecule has 3 N–H and O–H groups in total. The third-order valence-electron chi connectivity index (χ3n) is 3.62. The van der Waals surface area contributed by atoms with E-state index in [9.17, 15) is 13.2 Å². The Morgan fingerprint density at radius 3 is 2.30 bits per heavy atom. The van der Waals surface area contributed by atoms with Gasteiger partial charge >= 0.3 is 6.18 Å². The normalized spacial score (nSPS) is 13.8. The van der Waals surface area contributed by atoms with Crippen molar-refractivity contribution in [3.8, 4) is 0 Å². The number of benzene rings is 1. The van der Waals surface area contributed by atoms with Crippen LogP contribution in [0.2, 0.25) is 0 Å². The van der Waals surface area contributed by atoms with E-state index in [2.05, 4.69) is 35.2 Å². The highest BCUT2D eigenvalue weighted by atomic mass is 79.9. The fourth-order valence-electron chi connectivity index (χ4n) is 2.23. The Morgan fingerprint density at radius 2 is 1.85 bits per heavy atom. The fraction of sp³-hybridized carbons (Fsp3) is 0.571. The fourth-order valence-corrected chi connectivity index (χ4v) is 2.70. The van der Waals surface area contributed by atoms with Crippen molar-refractivity contribution in [3.05, 3.63) is 33.8 Å². The van der Waals surface area contributed by atoms with Crippen LogP contribution in [-0.4, -0.2) is 0 Å². The average Bonchev–Trinajstić information content (AvgIpc) is 2.40. The second-order valence-electron chi connectivity index (χ2n) is 4.87. The van der Waals surface area contributed by atoms with Crippen molar-refractivity contribution >= 4 is 15.9 Å². The summed E-state index contributed by atoms with van der Waals surface area (Å²) in [5, 5.41) is 0. The van der Waals surface area contributed by atoms with Crippen LogP contribution in [0, 0.1) is 5.92 Å². The zero-order valence-corrected chi connectivity index (χ0v) is 13.2. The molecule has 114 valence electrons. The van der Waals surface area contributed by atoms with Gasteiger partial charge in [0.1, 0.15) is 0 Å². The predicted molar refractivity (Wildman–Crippen MR) is 77.9 cm³/mol. The van der Waals surface area contributed by atoms with E-state index >= 15 is 0 Å². The molecule has 0 aromatic heterocycles. The maximum Gasteiger partial charge on any atom is 0.417 e. The summed E-state index contributed by atoms with van der Waals surface area (Å²) >= 11 is 2.94. The van der Waals surface area contributed by atoms with E-state index in [1.807, 2.05) is 0 Å². The van der Waals surface area contributed by atoms with E-state index < -0.39 is 11.7 Å². The highest BCUT2D eigenvalue weighted by molar-refractivity contribution is 9.10. The van der Waals surface area contributed by atoms with Crippen LogP contribution in [0.25, 0.3) is 0 Å². The first-order valence-corrected chi connectivity index (χ1v) is 7.45. The first-order chi connectivity index (χ1) is 9.33. The Labute approximate surface area is 126 Å². The van der Waals surface area contributed by atoms with Crippen LogP contribution in [-0.2, 0) is 6.18 Å². The van der Waals surface area contributed by atoms with Gasteiger partial charge in [0, 0.05) is 10.5 Å². The minimum atomic E-state index is -4.37. The molecule has 1 aromatic rings. The van der Waals surface area contributed by atoms with E-state index in [0.29, 0.717) is 11.5 Å². The second-order valence-corrected chi connectivity index (χ2v) is 5.73. The lowest BCUT2D eigenvalue weighted by atomic mass is 9.91. The van der Waals surface area contributed by atoms with E-state index in [-0.39, 0.29) is 10.5 Å². The number of nitrogens with two attached hydrogens (primary N) is 1. The second kappa shape index (κ2) is 7.43. The van der Waals surface area contributed by atoms with E-state index in [4.69, 9.17) is 5.84 Å². The number of rotatable bonds is 6. The van der Waals surface area contributed by atoms with Crippen LogP contribution in [0.1, 0.15) is 50.3 Å². The van der Waals surface area contributed by atoms with Gasteiger partial charge < -0.3 is 0 Å². The third-order valence-corrected chi connectivity index (χ3v) is 4.31. The molecule has 0 aliphatic heterocycles. The lowest BCUT2D eigenvalue weighted by molar-refractivity contribution is -0.138. The van der Waals surface area contributed by atoms with Crippen molar-refractivity contribution in [1.82, 2.24) is 5.43 Å². The third kappa shape index (κ3) is 4.46. The van der Waals surface area contributed by atoms with Crippen LogP contribution in [0.15, 0.2) is 22.7 Å². The molecule has 1 atom stereocenters. The van der Waals surface area contributed by atoms with Crippen molar-refractivity contribution in [2.45, 2.75) is 45.3 Å². The van der Waals surface area contributed by atoms with Gasteiger partial charge in [-0.15, -0.1) is 0 Å². The molecule has 20 heavy (non-hydrogen) atoms. The predicted octanol–water partition coefficient (Wildman–Crippen LogP) is 4.80. The Hall–Kier alpha value is -0.590. The number of hydrogen-bond acceptors (Lipinski definition) is 2. The maximum absolute atomic E-state index is 12.9. The summed E-state index contributed by atoms with van der Waals surface area (Å²) in [5.74, 6) is 5.96. The molecule has 1 rings (SSSR count). The summed E-state index contributed by atoms with van der Waals surface area (Å²) in [6.45, 7) is 4.15. The summed E-state index contributed by atoms with van der Waals surface area (Å²) in [7, 11) is 0. The Kier molecular flexibility index (Phi) is 6.48. The largest absolute Gasteiger partial charge is 0.417 e. The van der Waals surface area contributed by atoms with Crippen molar-refractivity contribution in [2.75, 3.05) is 0 Å². The monoisotopic (exact) mass is 352 g/mol. The molecule has 1 unspecified atom stereocenters. The highest BCUT2D eigenvalue weighted by Gasteiger charge is 2.33. The van der Waals surface area contributed by atoms with Gasteiger partial charge in [-0.2, -0.15) is 13.2 Å². The van der Waals surface area contributed by atoms with Crippen molar-refractivity contribution < 1.29 is 13.2 Å². The molecule has 0 spiro atoms. The van der Waals surface area contributed by atoms with E-state index in [1.165, 1.54) is 6.07 Å². The molecule has 2 nitrogen and oxygen atoms in total. The minimum absolute atomic E-state index is 0.0482. The lowest BCUT2D eigenvalue weighted by Crippen LogP contribution is -2.30. The van der Waals surface area contributed by atoms with Crippen molar-refractivity contribution in [2.24, 2.45) is 11.8 Å². The molecule has 0 aliphatic carbocycles. The molecule has 0 heterocycles.